The van der Waals surface area contributed by atoms with Gasteiger partial charge in [0.1, 0.15) is 30.1 Å². The second kappa shape index (κ2) is 12.7. The van der Waals surface area contributed by atoms with E-state index in [1.165, 1.54) is 12.1 Å². The number of hydrogen-bond acceptors (Lipinski definition) is 7. The number of likely N-dealkylation sites (tertiary alicyclic amines) is 1. The van der Waals surface area contributed by atoms with Crippen molar-refractivity contribution in [1.82, 2.24) is 24.3 Å². The first-order valence-corrected chi connectivity index (χ1v) is 15.3. The van der Waals surface area contributed by atoms with Gasteiger partial charge in [0, 0.05) is 61.4 Å². The molecule has 2 atom stereocenters. The van der Waals surface area contributed by atoms with Crippen LogP contribution in [0.5, 0.6) is 5.75 Å². The van der Waals surface area contributed by atoms with Crippen LogP contribution in [0, 0.1) is 18.2 Å². The molecule has 1 amide bonds. The van der Waals surface area contributed by atoms with Gasteiger partial charge in [-0.2, -0.15) is 4.98 Å². The van der Waals surface area contributed by atoms with E-state index in [0.29, 0.717) is 42.9 Å². The van der Waals surface area contributed by atoms with Crippen molar-refractivity contribution in [3.63, 3.8) is 0 Å². The van der Waals surface area contributed by atoms with E-state index in [2.05, 4.69) is 14.7 Å². The number of aromatic nitrogens is 2. The van der Waals surface area contributed by atoms with Crippen molar-refractivity contribution in [1.29, 1.82) is 0 Å². The topological polar surface area (TPSA) is 78.5 Å². The van der Waals surface area contributed by atoms with Crippen LogP contribution in [0.25, 0.3) is 26.9 Å². The zero-order valence-electron chi connectivity index (χ0n) is 25.2. The van der Waals surface area contributed by atoms with E-state index < -0.39 is 23.4 Å². The number of carbonyl (C=O) groups is 1. The lowest BCUT2D eigenvalue weighted by Crippen LogP contribution is -2.56. The highest BCUT2D eigenvalue weighted by Gasteiger charge is 2.36. The number of rotatable bonds is 8. The fourth-order valence-corrected chi connectivity index (χ4v) is 6.60. The van der Waals surface area contributed by atoms with Crippen molar-refractivity contribution < 1.29 is 18.3 Å². The standard InChI is InChI=1S/C32H34ClF2N7O3/c1-36-16-21-18-40(12-13-41(21)27(43)6-4-9-38(2)3)31-24-15-25(33)28(23-8-7-20(34)14-26(23)35)30-29(24)42(32(44)37-31)22(19-45-30)17-39-10-5-11-39/h4,6-8,14-15,21-22H,5,9-13,16-19H2,2-3H3/b6-4+/t21-,22?/m0/s1. The summed E-state index contributed by atoms with van der Waals surface area (Å²) >= 11 is 6.84. The number of ether oxygens (including phenoxy) is 1. The molecular weight excluding hydrogens is 604 g/mol. The number of benzene rings is 2. The van der Waals surface area contributed by atoms with Crippen molar-refractivity contribution in [2.45, 2.75) is 18.5 Å². The quantitative estimate of drug-likeness (QED) is 0.276. The minimum Gasteiger partial charge on any atom is -0.488 e. The Hall–Kier alpha value is -4.05. The zero-order valence-corrected chi connectivity index (χ0v) is 25.9. The Balaban J connectivity index is 1.45. The van der Waals surface area contributed by atoms with Gasteiger partial charge in [-0.3, -0.25) is 9.36 Å². The maximum atomic E-state index is 15.1. The molecule has 1 unspecified atom stereocenters. The Bertz CT molecular complexity index is 1770. The number of piperazine rings is 1. The van der Waals surface area contributed by atoms with Crippen LogP contribution in [-0.2, 0) is 4.79 Å². The highest BCUT2D eigenvalue weighted by molar-refractivity contribution is 6.35. The second-order valence-corrected chi connectivity index (χ2v) is 12.3. The molecule has 3 aliphatic rings. The largest absolute Gasteiger partial charge is 0.488 e. The van der Waals surface area contributed by atoms with E-state index in [0.717, 1.165) is 31.6 Å². The molecule has 2 saturated heterocycles. The zero-order chi connectivity index (χ0) is 31.8. The molecule has 3 aliphatic heterocycles. The third-order valence-electron chi connectivity index (χ3n) is 8.60. The summed E-state index contributed by atoms with van der Waals surface area (Å²) in [7, 11) is 3.82. The molecule has 4 heterocycles. The first kappa shape index (κ1) is 31.0. The first-order valence-electron chi connectivity index (χ1n) is 15.0. The molecular formula is C32H34ClF2N7O3. The number of hydrogen-bond donors (Lipinski definition) is 0. The van der Waals surface area contributed by atoms with Gasteiger partial charge >= 0.3 is 5.69 Å². The maximum Gasteiger partial charge on any atom is 0.350 e. The smallest absolute Gasteiger partial charge is 0.350 e. The molecule has 3 aromatic rings. The molecule has 2 fully saturated rings. The number of halogens is 3. The van der Waals surface area contributed by atoms with Crippen LogP contribution in [0.4, 0.5) is 14.6 Å². The van der Waals surface area contributed by atoms with Gasteiger partial charge in [-0.1, -0.05) is 17.7 Å². The Morgan fingerprint density at radius 3 is 2.69 bits per heavy atom. The molecule has 0 aliphatic carbocycles. The number of anilines is 1. The summed E-state index contributed by atoms with van der Waals surface area (Å²) in [6.07, 6.45) is 4.41. The van der Waals surface area contributed by atoms with E-state index in [1.54, 1.807) is 21.6 Å². The Morgan fingerprint density at radius 2 is 2.00 bits per heavy atom. The lowest BCUT2D eigenvalue weighted by Gasteiger charge is -2.40. The monoisotopic (exact) mass is 637 g/mol. The molecule has 2 aromatic carbocycles. The molecule has 13 heteroatoms. The van der Waals surface area contributed by atoms with Gasteiger partial charge in [-0.05, 0) is 51.8 Å². The molecule has 0 radical (unpaired) electrons. The van der Waals surface area contributed by atoms with E-state index in [-0.39, 0.29) is 53.5 Å². The summed E-state index contributed by atoms with van der Waals surface area (Å²) in [6, 6.07) is 4.14. The summed E-state index contributed by atoms with van der Waals surface area (Å²) in [6.45, 7) is 11.8. The number of carbonyl (C=O) groups excluding carboxylic acids is 1. The summed E-state index contributed by atoms with van der Waals surface area (Å²) in [5.74, 6) is -1.10. The molecule has 1 aromatic heterocycles. The SMILES string of the molecule is [C-]#[N+]C[C@H]1CN(c2nc(=O)n3c4c(c(-c5ccc(F)cc5F)c(Cl)cc24)OCC3CN2CCC2)CCN1C(=O)/C=C/CN(C)C. The first-order chi connectivity index (χ1) is 21.7. The highest BCUT2D eigenvalue weighted by Crippen LogP contribution is 2.47. The fraction of sp³-hybridized carbons (Fsp3) is 0.438. The molecule has 0 saturated carbocycles. The normalized spacial score (nSPS) is 20.0. The predicted octanol–water partition coefficient (Wildman–Crippen LogP) is 3.69. The van der Waals surface area contributed by atoms with Gasteiger partial charge in [0.05, 0.1) is 16.6 Å². The van der Waals surface area contributed by atoms with Crippen LogP contribution in [0.2, 0.25) is 5.02 Å². The lowest BCUT2D eigenvalue weighted by molar-refractivity contribution is -0.128. The van der Waals surface area contributed by atoms with Gasteiger partial charge in [0.25, 0.3) is 0 Å². The Kier molecular flexibility index (Phi) is 8.77. The molecule has 10 nitrogen and oxygen atoms in total. The summed E-state index contributed by atoms with van der Waals surface area (Å²) < 4.78 is 36.9. The molecule has 0 bridgehead atoms. The Labute approximate surface area is 264 Å². The van der Waals surface area contributed by atoms with Crippen LogP contribution in [0.1, 0.15) is 12.5 Å². The van der Waals surface area contributed by atoms with Crippen molar-refractivity contribution in [3.8, 4) is 16.9 Å². The minimum atomic E-state index is -0.801. The van der Waals surface area contributed by atoms with E-state index in [4.69, 9.17) is 22.9 Å². The number of nitrogens with zero attached hydrogens (tertiary/aromatic N) is 7. The van der Waals surface area contributed by atoms with E-state index in [9.17, 15) is 14.0 Å². The van der Waals surface area contributed by atoms with Crippen LogP contribution >= 0.6 is 11.6 Å². The summed E-state index contributed by atoms with van der Waals surface area (Å²) in [5.41, 5.74) is 0.257. The third-order valence-corrected chi connectivity index (χ3v) is 8.90. The molecule has 0 N–H and O–H groups in total. The van der Waals surface area contributed by atoms with Gasteiger partial charge in [-0.15, -0.1) is 0 Å². The van der Waals surface area contributed by atoms with Crippen LogP contribution in [0.3, 0.4) is 0 Å². The number of amides is 1. The van der Waals surface area contributed by atoms with Crippen molar-refractivity contribution in [3.05, 3.63) is 75.0 Å². The van der Waals surface area contributed by atoms with Crippen molar-refractivity contribution >= 4 is 34.2 Å². The van der Waals surface area contributed by atoms with Crippen molar-refractivity contribution in [2.75, 3.05) is 78.0 Å². The van der Waals surface area contributed by atoms with Crippen LogP contribution < -0.4 is 15.3 Å². The lowest BCUT2D eigenvalue weighted by atomic mass is 9.99. The van der Waals surface area contributed by atoms with E-state index in [1.807, 2.05) is 23.9 Å². The predicted molar refractivity (Wildman–Crippen MR) is 169 cm³/mol. The fourth-order valence-electron chi connectivity index (χ4n) is 6.30. The minimum absolute atomic E-state index is 0.0587. The Morgan fingerprint density at radius 1 is 1.20 bits per heavy atom. The summed E-state index contributed by atoms with van der Waals surface area (Å²) in [4.78, 5) is 42.9. The van der Waals surface area contributed by atoms with Crippen LogP contribution in [0.15, 0.2) is 41.2 Å². The van der Waals surface area contributed by atoms with Gasteiger partial charge < -0.3 is 29.2 Å². The average molecular weight is 638 g/mol. The van der Waals surface area contributed by atoms with Gasteiger partial charge in [0.2, 0.25) is 12.5 Å². The van der Waals surface area contributed by atoms with E-state index >= 15 is 4.39 Å². The molecule has 6 rings (SSSR count). The summed E-state index contributed by atoms with van der Waals surface area (Å²) in [5, 5.41) is 0.705. The second-order valence-electron chi connectivity index (χ2n) is 11.9. The van der Waals surface area contributed by atoms with Crippen molar-refractivity contribution in [2.24, 2.45) is 0 Å². The van der Waals surface area contributed by atoms with Gasteiger partial charge in [0.15, 0.2) is 5.75 Å². The number of likely N-dealkylation sites (N-methyl/N-ethyl adjacent to an activating group) is 1. The van der Waals surface area contributed by atoms with Gasteiger partial charge in [-0.25, -0.2) is 20.1 Å². The maximum absolute atomic E-state index is 15.1. The van der Waals surface area contributed by atoms with Crippen LogP contribution in [-0.4, -0.2) is 109 Å². The average Bonchev–Trinajstić information content (AvgIpc) is 2.97. The molecule has 45 heavy (non-hydrogen) atoms. The third kappa shape index (κ3) is 6.00. The molecule has 236 valence electrons. The molecule has 0 spiro atoms. The highest BCUT2D eigenvalue weighted by atomic mass is 35.5.